The molecule has 2 amide bonds. The minimum atomic E-state index is -0.302. The standard InChI is InChI=1S/C11H16ClN3O2/c1-8(2)15(6-7-16)11(17)14-9-4-3-5-13-10(9)12/h3-5,8,16H,6-7H2,1-2H3,(H,14,17). The van der Waals surface area contributed by atoms with Crippen LogP contribution in [0.3, 0.4) is 0 Å². The van der Waals surface area contributed by atoms with Gasteiger partial charge in [0.1, 0.15) is 0 Å². The highest BCUT2D eigenvalue weighted by Gasteiger charge is 2.17. The maximum atomic E-state index is 11.9. The van der Waals surface area contributed by atoms with Crippen molar-refractivity contribution in [2.24, 2.45) is 0 Å². The average Bonchev–Trinajstić information content (AvgIpc) is 2.28. The fourth-order valence-corrected chi connectivity index (χ4v) is 1.53. The molecule has 0 aromatic carbocycles. The molecular formula is C11H16ClN3O2. The molecule has 17 heavy (non-hydrogen) atoms. The van der Waals surface area contributed by atoms with E-state index >= 15 is 0 Å². The molecule has 0 unspecified atom stereocenters. The Bertz CT molecular complexity index is 385. The van der Waals surface area contributed by atoms with E-state index < -0.39 is 0 Å². The molecule has 5 nitrogen and oxygen atoms in total. The van der Waals surface area contributed by atoms with Crippen LogP contribution in [-0.4, -0.2) is 40.2 Å². The van der Waals surface area contributed by atoms with Gasteiger partial charge in [0, 0.05) is 18.8 Å². The number of nitrogens with zero attached hydrogens (tertiary/aromatic N) is 2. The normalized spacial score (nSPS) is 10.4. The summed E-state index contributed by atoms with van der Waals surface area (Å²) in [5.74, 6) is 0. The second-order valence-electron chi connectivity index (χ2n) is 3.78. The van der Waals surface area contributed by atoms with Crippen molar-refractivity contribution in [1.82, 2.24) is 9.88 Å². The minimum absolute atomic E-state index is 0.00223. The molecule has 0 bridgehead atoms. The third kappa shape index (κ3) is 3.87. The largest absolute Gasteiger partial charge is 0.395 e. The van der Waals surface area contributed by atoms with Gasteiger partial charge in [-0.1, -0.05) is 11.6 Å². The molecule has 0 atom stereocenters. The maximum absolute atomic E-state index is 11.9. The zero-order chi connectivity index (χ0) is 12.8. The molecule has 1 aromatic heterocycles. The number of anilines is 1. The Balaban J connectivity index is 2.73. The lowest BCUT2D eigenvalue weighted by atomic mass is 10.3. The van der Waals surface area contributed by atoms with Gasteiger partial charge in [-0.3, -0.25) is 0 Å². The third-order valence-electron chi connectivity index (χ3n) is 2.23. The van der Waals surface area contributed by atoms with Crippen LogP contribution in [0.4, 0.5) is 10.5 Å². The summed E-state index contributed by atoms with van der Waals surface area (Å²) in [6.07, 6.45) is 1.55. The number of hydrogen-bond donors (Lipinski definition) is 2. The molecule has 0 aliphatic carbocycles. The number of carbonyl (C=O) groups is 1. The Morgan fingerprint density at radius 3 is 2.88 bits per heavy atom. The van der Waals surface area contributed by atoms with Crippen LogP contribution in [0.25, 0.3) is 0 Å². The summed E-state index contributed by atoms with van der Waals surface area (Å²) >= 11 is 5.84. The summed E-state index contributed by atoms with van der Waals surface area (Å²) in [6, 6.07) is 3.05. The quantitative estimate of drug-likeness (QED) is 0.811. The van der Waals surface area contributed by atoms with E-state index in [0.717, 1.165) is 0 Å². The van der Waals surface area contributed by atoms with E-state index in [9.17, 15) is 4.79 Å². The van der Waals surface area contributed by atoms with E-state index in [1.54, 1.807) is 18.3 Å². The number of halogens is 1. The number of carbonyl (C=O) groups excluding carboxylic acids is 1. The maximum Gasteiger partial charge on any atom is 0.322 e. The van der Waals surface area contributed by atoms with Crippen molar-refractivity contribution in [2.75, 3.05) is 18.5 Å². The number of aliphatic hydroxyl groups is 1. The summed E-state index contributed by atoms with van der Waals surface area (Å²) in [5.41, 5.74) is 0.461. The molecule has 0 fully saturated rings. The second kappa shape index (κ2) is 6.42. The van der Waals surface area contributed by atoms with Gasteiger partial charge in [-0.25, -0.2) is 9.78 Å². The number of aliphatic hydroxyl groups excluding tert-OH is 1. The van der Waals surface area contributed by atoms with Crippen LogP contribution in [0.1, 0.15) is 13.8 Å². The Labute approximate surface area is 105 Å². The molecule has 0 saturated heterocycles. The lowest BCUT2D eigenvalue weighted by Crippen LogP contribution is -2.41. The monoisotopic (exact) mass is 257 g/mol. The number of urea groups is 1. The fraction of sp³-hybridized carbons (Fsp3) is 0.455. The van der Waals surface area contributed by atoms with Crippen LogP contribution in [-0.2, 0) is 0 Å². The second-order valence-corrected chi connectivity index (χ2v) is 4.14. The fourth-order valence-electron chi connectivity index (χ4n) is 1.37. The van der Waals surface area contributed by atoms with Crippen LogP contribution in [0.5, 0.6) is 0 Å². The summed E-state index contributed by atoms with van der Waals surface area (Å²) in [7, 11) is 0. The van der Waals surface area contributed by atoms with E-state index in [4.69, 9.17) is 16.7 Å². The zero-order valence-electron chi connectivity index (χ0n) is 9.85. The molecule has 0 saturated carbocycles. The SMILES string of the molecule is CC(C)N(CCO)C(=O)Nc1cccnc1Cl. The molecule has 6 heteroatoms. The van der Waals surface area contributed by atoms with Gasteiger partial charge >= 0.3 is 6.03 Å². The molecule has 2 N–H and O–H groups in total. The van der Waals surface area contributed by atoms with Crippen molar-refractivity contribution in [3.8, 4) is 0 Å². The van der Waals surface area contributed by atoms with Gasteiger partial charge in [-0.15, -0.1) is 0 Å². The molecule has 1 heterocycles. The van der Waals surface area contributed by atoms with E-state index in [1.807, 2.05) is 13.8 Å². The van der Waals surface area contributed by atoms with Crippen LogP contribution < -0.4 is 5.32 Å². The van der Waals surface area contributed by atoms with Gasteiger partial charge in [-0.2, -0.15) is 0 Å². The minimum Gasteiger partial charge on any atom is -0.395 e. The van der Waals surface area contributed by atoms with Gasteiger partial charge in [0.2, 0.25) is 0 Å². The predicted octanol–water partition coefficient (Wildman–Crippen LogP) is 1.97. The van der Waals surface area contributed by atoms with Gasteiger partial charge in [0.15, 0.2) is 5.15 Å². The zero-order valence-corrected chi connectivity index (χ0v) is 10.6. The number of amides is 2. The average molecular weight is 258 g/mol. The number of aromatic nitrogens is 1. The smallest absolute Gasteiger partial charge is 0.322 e. The van der Waals surface area contributed by atoms with Gasteiger partial charge in [0.05, 0.1) is 12.3 Å². The topological polar surface area (TPSA) is 65.5 Å². The Hall–Kier alpha value is -1.33. The Morgan fingerprint density at radius 2 is 2.35 bits per heavy atom. The molecule has 1 rings (SSSR count). The van der Waals surface area contributed by atoms with Crippen LogP contribution in [0, 0.1) is 0 Å². The lowest BCUT2D eigenvalue weighted by Gasteiger charge is -2.26. The van der Waals surface area contributed by atoms with E-state index in [0.29, 0.717) is 5.69 Å². The highest BCUT2D eigenvalue weighted by molar-refractivity contribution is 6.32. The Morgan fingerprint density at radius 1 is 1.65 bits per heavy atom. The molecule has 0 radical (unpaired) electrons. The summed E-state index contributed by atoms with van der Waals surface area (Å²) in [6.45, 7) is 3.95. The van der Waals surface area contributed by atoms with E-state index in [2.05, 4.69) is 10.3 Å². The summed E-state index contributed by atoms with van der Waals surface area (Å²) < 4.78 is 0. The first-order valence-corrected chi connectivity index (χ1v) is 5.73. The van der Waals surface area contributed by atoms with Crippen molar-refractivity contribution >= 4 is 23.3 Å². The van der Waals surface area contributed by atoms with Gasteiger partial charge in [-0.05, 0) is 26.0 Å². The molecule has 94 valence electrons. The van der Waals surface area contributed by atoms with Crippen molar-refractivity contribution < 1.29 is 9.90 Å². The van der Waals surface area contributed by atoms with E-state index in [-0.39, 0.29) is 30.4 Å². The van der Waals surface area contributed by atoms with Crippen molar-refractivity contribution in [1.29, 1.82) is 0 Å². The first-order chi connectivity index (χ1) is 8.06. The van der Waals surface area contributed by atoms with Crippen molar-refractivity contribution in [3.05, 3.63) is 23.5 Å². The van der Waals surface area contributed by atoms with Gasteiger partial charge in [0.25, 0.3) is 0 Å². The number of hydrogen-bond acceptors (Lipinski definition) is 3. The molecule has 1 aromatic rings. The molecule has 0 spiro atoms. The van der Waals surface area contributed by atoms with E-state index in [1.165, 1.54) is 4.90 Å². The third-order valence-corrected chi connectivity index (χ3v) is 2.53. The highest BCUT2D eigenvalue weighted by atomic mass is 35.5. The number of nitrogens with one attached hydrogen (secondary N) is 1. The van der Waals surface area contributed by atoms with Crippen molar-refractivity contribution in [2.45, 2.75) is 19.9 Å². The number of rotatable bonds is 4. The van der Waals surface area contributed by atoms with Crippen molar-refractivity contribution in [3.63, 3.8) is 0 Å². The Kier molecular flexibility index (Phi) is 5.18. The predicted molar refractivity (Wildman–Crippen MR) is 67.2 cm³/mol. The van der Waals surface area contributed by atoms with Gasteiger partial charge < -0.3 is 15.3 Å². The first-order valence-electron chi connectivity index (χ1n) is 5.35. The van der Waals surface area contributed by atoms with Crippen LogP contribution in [0.15, 0.2) is 18.3 Å². The molecule has 0 aliphatic rings. The molecular weight excluding hydrogens is 242 g/mol. The summed E-state index contributed by atoms with van der Waals surface area (Å²) in [4.78, 5) is 17.3. The van der Waals surface area contributed by atoms with Crippen LogP contribution in [0.2, 0.25) is 5.15 Å². The highest BCUT2D eigenvalue weighted by Crippen LogP contribution is 2.18. The molecule has 0 aliphatic heterocycles. The van der Waals surface area contributed by atoms with Crippen LogP contribution >= 0.6 is 11.6 Å². The number of pyridine rings is 1. The summed E-state index contributed by atoms with van der Waals surface area (Å²) in [5, 5.41) is 11.8. The lowest BCUT2D eigenvalue weighted by molar-refractivity contribution is 0.172. The first kappa shape index (κ1) is 13.7.